The second kappa shape index (κ2) is 4.15. The molecular weight excluding hydrogens is 206 g/mol. The summed E-state index contributed by atoms with van der Waals surface area (Å²) < 4.78 is 1.47. The Kier molecular flexibility index (Phi) is 2.69. The van der Waals surface area contributed by atoms with Gasteiger partial charge in [-0.05, 0) is 19.7 Å². The quantitative estimate of drug-likeness (QED) is 0.751. The van der Waals surface area contributed by atoms with Crippen LogP contribution in [0.25, 0.3) is 5.95 Å². The summed E-state index contributed by atoms with van der Waals surface area (Å²) in [5, 5.41) is 4.09. The highest BCUT2D eigenvalue weighted by atomic mass is 15.4. The molecule has 0 saturated heterocycles. The molecule has 0 aromatic carbocycles. The van der Waals surface area contributed by atoms with Gasteiger partial charge in [-0.1, -0.05) is 0 Å². The fraction of sp³-hybridized carbons (Fsp3) is 0.222. The van der Waals surface area contributed by atoms with Gasteiger partial charge >= 0.3 is 0 Å². The third-order valence-corrected chi connectivity index (χ3v) is 1.91. The molecule has 1 atom stereocenters. The summed E-state index contributed by atoms with van der Waals surface area (Å²) in [4.78, 5) is 15.9. The maximum atomic E-state index is 5.78. The second-order valence-corrected chi connectivity index (χ2v) is 3.18. The molecule has 16 heavy (non-hydrogen) atoms. The lowest BCUT2D eigenvalue weighted by atomic mass is 10.3. The minimum Gasteiger partial charge on any atom is -0.322 e. The molecule has 0 bridgehead atoms. The molecule has 7 heteroatoms. The summed E-state index contributed by atoms with van der Waals surface area (Å²) in [6.45, 7) is 5.17. The van der Waals surface area contributed by atoms with Gasteiger partial charge in [0.25, 0.3) is 11.9 Å². The fourth-order valence-corrected chi connectivity index (χ4v) is 1.22. The summed E-state index contributed by atoms with van der Waals surface area (Å²) in [7, 11) is 0. The van der Waals surface area contributed by atoms with Gasteiger partial charge in [0.1, 0.15) is 0 Å². The van der Waals surface area contributed by atoms with Crippen molar-refractivity contribution < 1.29 is 0 Å². The standard InChI is InChI=1S/C9H11N7/c1-6(10)7-14-8(11-2)15-16(7)9-12-4-3-5-13-9/h3-6H,2,10H2,1H3. The molecule has 0 aliphatic carbocycles. The van der Waals surface area contributed by atoms with E-state index in [1.165, 1.54) is 4.68 Å². The lowest BCUT2D eigenvalue weighted by Gasteiger charge is -2.05. The number of nitrogens with zero attached hydrogens (tertiary/aromatic N) is 6. The van der Waals surface area contributed by atoms with E-state index in [4.69, 9.17) is 5.73 Å². The Morgan fingerprint density at radius 3 is 2.69 bits per heavy atom. The Hall–Kier alpha value is -2.15. The van der Waals surface area contributed by atoms with Crippen molar-refractivity contribution in [2.45, 2.75) is 13.0 Å². The molecule has 0 radical (unpaired) electrons. The van der Waals surface area contributed by atoms with Crippen molar-refractivity contribution in [1.82, 2.24) is 24.7 Å². The SMILES string of the molecule is C=Nc1nc(C(C)N)n(-c2ncccn2)n1. The number of hydrogen-bond donors (Lipinski definition) is 1. The first-order chi connectivity index (χ1) is 7.72. The number of aliphatic imine (C=N–C) groups is 1. The highest BCUT2D eigenvalue weighted by Crippen LogP contribution is 2.14. The van der Waals surface area contributed by atoms with Crippen LogP contribution in [0.5, 0.6) is 0 Å². The van der Waals surface area contributed by atoms with Crippen molar-refractivity contribution in [1.29, 1.82) is 0 Å². The van der Waals surface area contributed by atoms with E-state index in [9.17, 15) is 0 Å². The van der Waals surface area contributed by atoms with E-state index >= 15 is 0 Å². The zero-order chi connectivity index (χ0) is 11.5. The molecule has 0 aliphatic heterocycles. The van der Waals surface area contributed by atoms with E-state index in [0.717, 1.165) is 0 Å². The number of aromatic nitrogens is 5. The molecule has 1 unspecified atom stereocenters. The molecule has 82 valence electrons. The number of nitrogens with two attached hydrogens (primary N) is 1. The fourth-order valence-electron chi connectivity index (χ4n) is 1.22. The topological polar surface area (TPSA) is 94.9 Å². The molecule has 0 saturated carbocycles. The maximum Gasteiger partial charge on any atom is 0.268 e. The van der Waals surface area contributed by atoms with Crippen LogP contribution in [-0.2, 0) is 0 Å². The smallest absolute Gasteiger partial charge is 0.268 e. The van der Waals surface area contributed by atoms with Gasteiger partial charge in [0.2, 0.25) is 0 Å². The molecule has 0 amide bonds. The van der Waals surface area contributed by atoms with Crippen LogP contribution in [0.4, 0.5) is 5.95 Å². The lowest BCUT2D eigenvalue weighted by Crippen LogP contribution is -2.14. The van der Waals surface area contributed by atoms with E-state index in [-0.39, 0.29) is 12.0 Å². The molecule has 0 aliphatic rings. The van der Waals surface area contributed by atoms with Crippen molar-refractivity contribution in [3.05, 3.63) is 24.3 Å². The second-order valence-electron chi connectivity index (χ2n) is 3.18. The maximum absolute atomic E-state index is 5.78. The van der Waals surface area contributed by atoms with Crippen molar-refractivity contribution in [2.24, 2.45) is 10.7 Å². The van der Waals surface area contributed by atoms with Gasteiger partial charge < -0.3 is 5.73 Å². The van der Waals surface area contributed by atoms with Crippen LogP contribution < -0.4 is 5.73 Å². The normalized spacial score (nSPS) is 12.4. The molecule has 2 heterocycles. The monoisotopic (exact) mass is 217 g/mol. The highest BCUT2D eigenvalue weighted by Gasteiger charge is 2.15. The van der Waals surface area contributed by atoms with Crippen LogP contribution in [-0.4, -0.2) is 31.4 Å². The van der Waals surface area contributed by atoms with E-state index < -0.39 is 0 Å². The third kappa shape index (κ3) is 1.80. The summed E-state index contributed by atoms with van der Waals surface area (Å²) in [6, 6.07) is 1.44. The molecule has 0 spiro atoms. The van der Waals surface area contributed by atoms with Crippen LogP contribution >= 0.6 is 0 Å². The highest BCUT2D eigenvalue weighted by molar-refractivity contribution is 5.35. The van der Waals surface area contributed by atoms with Gasteiger partial charge in [-0.2, -0.15) is 9.67 Å². The van der Waals surface area contributed by atoms with Crippen LogP contribution in [0.2, 0.25) is 0 Å². The van der Waals surface area contributed by atoms with Crippen LogP contribution in [0, 0.1) is 0 Å². The Labute approximate surface area is 92.1 Å². The van der Waals surface area contributed by atoms with Gasteiger partial charge in [0.05, 0.1) is 6.04 Å². The van der Waals surface area contributed by atoms with Gasteiger partial charge in [-0.3, -0.25) is 0 Å². The van der Waals surface area contributed by atoms with Gasteiger partial charge in [0.15, 0.2) is 5.82 Å². The molecule has 2 N–H and O–H groups in total. The van der Waals surface area contributed by atoms with Gasteiger partial charge in [0, 0.05) is 12.4 Å². The van der Waals surface area contributed by atoms with Crippen molar-refractivity contribution in [3.8, 4) is 5.95 Å². The first-order valence-corrected chi connectivity index (χ1v) is 4.69. The summed E-state index contributed by atoms with van der Waals surface area (Å²) >= 11 is 0. The molecule has 2 aromatic rings. The molecule has 7 nitrogen and oxygen atoms in total. The van der Waals surface area contributed by atoms with E-state index in [2.05, 4.69) is 31.8 Å². The van der Waals surface area contributed by atoms with Crippen molar-refractivity contribution >= 4 is 12.7 Å². The molecule has 0 fully saturated rings. The Morgan fingerprint density at radius 1 is 1.44 bits per heavy atom. The summed E-state index contributed by atoms with van der Waals surface area (Å²) in [6.07, 6.45) is 3.24. The zero-order valence-corrected chi connectivity index (χ0v) is 8.78. The minimum absolute atomic E-state index is 0.264. The largest absolute Gasteiger partial charge is 0.322 e. The Morgan fingerprint density at radius 2 is 2.12 bits per heavy atom. The van der Waals surface area contributed by atoms with E-state index in [1.807, 2.05) is 0 Å². The molecular formula is C9H11N7. The van der Waals surface area contributed by atoms with Crippen LogP contribution in [0.3, 0.4) is 0 Å². The van der Waals surface area contributed by atoms with Crippen LogP contribution in [0.15, 0.2) is 23.5 Å². The van der Waals surface area contributed by atoms with Crippen molar-refractivity contribution in [3.63, 3.8) is 0 Å². The average molecular weight is 217 g/mol. The zero-order valence-electron chi connectivity index (χ0n) is 8.78. The van der Waals surface area contributed by atoms with Gasteiger partial charge in [-0.25, -0.2) is 15.0 Å². The van der Waals surface area contributed by atoms with Crippen molar-refractivity contribution in [2.75, 3.05) is 0 Å². The molecule has 2 aromatic heterocycles. The summed E-state index contributed by atoms with van der Waals surface area (Å²) in [5.74, 6) is 1.23. The minimum atomic E-state index is -0.285. The summed E-state index contributed by atoms with van der Waals surface area (Å²) in [5.41, 5.74) is 5.78. The molecule has 2 rings (SSSR count). The number of rotatable bonds is 3. The van der Waals surface area contributed by atoms with E-state index in [1.54, 1.807) is 25.4 Å². The first-order valence-electron chi connectivity index (χ1n) is 4.69. The van der Waals surface area contributed by atoms with Gasteiger partial charge in [-0.15, -0.1) is 5.10 Å². The van der Waals surface area contributed by atoms with Crippen LogP contribution in [0.1, 0.15) is 18.8 Å². The predicted octanol–water partition coefficient (Wildman–Crippen LogP) is 0.409. The lowest BCUT2D eigenvalue weighted by molar-refractivity contribution is 0.669. The predicted molar refractivity (Wildman–Crippen MR) is 58.8 cm³/mol. The van der Waals surface area contributed by atoms with E-state index in [0.29, 0.717) is 11.8 Å². The first kappa shape index (κ1) is 10.4. The number of hydrogen-bond acceptors (Lipinski definition) is 6. The Bertz CT molecular complexity index is 488. The average Bonchev–Trinajstić information content (AvgIpc) is 2.74. The Balaban J connectivity index is 2.55. The third-order valence-electron chi connectivity index (χ3n) is 1.91.